The van der Waals surface area contributed by atoms with E-state index >= 15 is 0 Å². The molecule has 0 saturated heterocycles. The first-order chi connectivity index (χ1) is 8.10. The van der Waals surface area contributed by atoms with Crippen LogP contribution in [0.15, 0.2) is 16.6 Å². The van der Waals surface area contributed by atoms with Gasteiger partial charge in [-0.15, -0.1) is 0 Å². The summed E-state index contributed by atoms with van der Waals surface area (Å²) in [5.41, 5.74) is 0.647. The zero-order valence-electron chi connectivity index (χ0n) is 9.76. The second kappa shape index (κ2) is 6.58. The van der Waals surface area contributed by atoms with Gasteiger partial charge in [0.1, 0.15) is 6.07 Å². The average Bonchev–Trinajstić information content (AvgIpc) is 2.31. The largest absolute Gasteiger partial charge is 0.380 e. The van der Waals surface area contributed by atoms with Crippen LogP contribution in [-0.4, -0.2) is 19.3 Å². The fourth-order valence-electron chi connectivity index (χ4n) is 1.37. The van der Waals surface area contributed by atoms with Gasteiger partial charge in [-0.2, -0.15) is 5.26 Å². The normalized spacial score (nSPS) is 11.9. The smallest absolute Gasteiger partial charge is 0.161 e. The third-order valence-electron chi connectivity index (χ3n) is 2.23. The number of nitrogens with zero attached hydrogens (tertiary/aromatic N) is 1. The number of nitriles is 1. The molecule has 0 bridgehead atoms. The van der Waals surface area contributed by atoms with Crippen molar-refractivity contribution in [3.63, 3.8) is 0 Å². The maximum atomic E-state index is 13.8. The van der Waals surface area contributed by atoms with Gasteiger partial charge in [0.15, 0.2) is 5.82 Å². The maximum Gasteiger partial charge on any atom is 0.161 e. The molecule has 0 fully saturated rings. The van der Waals surface area contributed by atoms with Gasteiger partial charge in [-0.3, -0.25) is 0 Å². The third-order valence-corrected chi connectivity index (χ3v) is 3.01. The molecule has 0 saturated carbocycles. The molecule has 1 N–H and O–H groups in total. The van der Waals surface area contributed by atoms with E-state index in [1.165, 1.54) is 0 Å². The Morgan fingerprint density at radius 2 is 2.29 bits per heavy atom. The lowest BCUT2D eigenvalue weighted by atomic mass is 10.2. The van der Waals surface area contributed by atoms with Gasteiger partial charge in [-0.25, -0.2) is 4.39 Å². The predicted molar refractivity (Wildman–Crippen MR) is 68.4 cm³/mol. The number of nitrogens with one attached hydrogen (secondary N) is 1. The van der Waals surface area contributed by atoms with Crippen molar-refractivity contribution in [3.05, 3.63) is 28.0 Å². The second-order valence-electron chi connectivity index (χ2n) is 3.55. The van der Waals surface area contributed by atoms with Crippen LogP contribution < -0.4 is 5.32 Å². The summed E-state index contributed by atoms with van der Waals surface area (Å²) in [7, 11) is 0. The van der Waals surface area contributed by atoms with Crippen molar-refractivity contribution in [3.8, 4) is 6.07 Å². The zero-order valence-corrected chi connectivity index (χ0v) is 11.3. The Morgan fingerprint density at radius 1 is 1.59 bits per heavy atom. The molecule has 3 nitrogen and oxygen atoms in total. The van der Waals surface area contributed by atoms with Gasteiger partial charge in [0.05, 0.1) is 21.8 Å². The molecule has 5 heteroatoms. The van der Waals surface area contributed by atoms with E-state index in [4.69, 9.17) is 10.00 Å². The van der Waals surface area contributed by atoms with Crippen molar-refractivity contribution < 1.29 is 9.13 Å². The highest BCUT2D eigenvalue weighted by atomic mass is 79.9. The first kappa shape index (κ1) is 13.9. The molecular formula is C12H14BrFN2O. The van der Waals surface area contributed by atoms with Crippen LogP contribution in [0.2, 0.25) is 0 Å². The van der Waals surface area contributed by atoms with Crippen molar-refractivity contribution >= 4 is 21.6 Å². The van der Waals surface area contributed by atoms with Gasteiger partial charge in [0.2, 0.25) is 0 Å². The van der Waals surface area contributed by atoms with Gasteiger partial charge in [0.25, 0.3) is 0 Å². The highest BCUT2D eigenvalue weighted by molar-refractivity contribution is 9.10. The molecule has 17 heavy (non-hydrogen) atoms. The van der Waals surface area contributed by atoms with E-state index in [-0.39, 0.29) is 16.1 Å². The molecule has 1 atom stereocenters. The van der Waals surface area contributed by atoms with Crippen molar-refractivity contribution in [2.75, 3.05) is 18.5 Å². The molecule has 0 aliphatic carbocycles. The number of rotatable bonds is 5. The number of hydrogen-bond acceptors (Lipinski definition) is 3. The number of ether oxygens (including phenoxy) is 1. The van der Waals surface area contributed by atoms with E-state index in [0.29, 0.717) is 18.8 Å². The predicted octanol–water partition coefficient (Wildman–Crippen LogP) is 3.30. The highest BCUT2D eigenvalue weighted by Crippen LogP contribution is 2.26. The lowest BCUT2D eigenvalue weighted by Crippen LogP contribution is -2.20. The summed E-state index contributed by atoms with van der Waals surface area (Å²) < 4.78 is 19.3. The van der Waals surface area contributed by atoms with Gasteiger partial charge >= 0.3 is 0 Å². The Bertz CT molecular complexity index is 431. The SMILES string of the molecule is CCOC(C)CNc1ccc(C#N)c(Br)c1F. The monoisotopic (exact) mass is 300 g/mol. The quantitative estimate of drug-likeness (QED) is 0.907. The lowest BCUT2D eigenvalue weighted by molar-refractivity contribution is 0.0855. The molecule has 0 heterocycles. The Labute approximate surface area is 109 Å². The zero-order chi connectivity index (χ0) is 12.8. The van der Waals surface area contributed by atoms with E-state index in [1.807, 2.05) is 19.9 Å². The number of halogens is 2. The minimum atomic E-state index is -0.451. The molecule has 0 aliphatic rings. The van der Waals surface area contributed by atoms with Crippen LogP contribution in [0.25, 0.3) is 0 Å². The fraction of sp³-hybridized carbons (Fsp3) is 0.417. The van der Waals surface area contributed by atoms with Crippen LogP contribution in [0.5, 0.6) is 0 Å². The van der Waals surface area contributed by atoms with Crippen molar-refractivity contribution in [2.24, 2.45) is 0 Å². The summed E-state index contributed by atoms with van der Waals surface area (Å²) in [6.07, 6.45) is 0.00817. The Kier molecular flexibility index (Phi) is 5.39. The molecule has 1 aromatic carbocycles. The Hall–Kier alpha value is -1.12. The molecule has 0 radical (unpaired) electrons. The summed E-state index contributed by atoms with van der Waals surface area (Å²) in [6.45, 7) is 4.97. The van der Waals surface area contributed by atoms with E-state index in [2.05, 4.69) is 21.2 Å². The van der Waals surface area contributed by atoms with E-state index < -0.39 is 5.82 Å². The molecule has 1 rings (SSSR count). The molecule has 0 spiro atoms. The van der Waals surface area contributed by atoms with Crippen molar-refractivity contribution in [1.29, 1.82) is 5.26 Å². The second-order valence-corrected chi connectivity index (χ2v) is 4.34. The Morgan fingerprint density at radius 3 is 2.88 bits per heavy atom. The molecule has 92 valence electrons. The van der Waals surface area contributed by atoms with E-state index in [0.717, 1.165) is 0 Å². The van der Waals surface area contributed by atoms with Crippen LogP contribution in [0.1, 0.15) is 19.4 Å². The summed E-state index contributed by atoms with van der Waals surface area (Å²) >= 11 is 3.06. The summed E-state index contributed by atoms with van der Waals surface area (Å²) in [6, 6.07) is 5.03. The molecule has 0 aromatic heterocycles. The van der Waals surface area contributed by atoms with Crippen LogP contribution in [0.3, 0.4) is 0 Å². The van der Waals surface area contributed by atoms with Gasteiger partial charge in [0, 0.05) is 13.2 Å². The summed E-state index contributed by atoms with van der Waals surface area (Å²) in [4.78, 5) is 0. The minimum absolute atomic E-state index is 0.00817. The number of benzene rings is 1. The van der Waals surface area contributed by atoms with E-state index in [9.17, 15) is 4.39 Å². The van der Waals surface area contributed by atoms with Crippen LogP contribution in [0.4, 0.5) is 10.1 Å². The first-order valence-electron chi connectivity index (χ1n) is 5.33. The summed E-state index contributed by atoms with van der Waals surface area (Å²) in [5.74, 6) is -0.451. The minimum Gasteiger partial charge on any atom is -0.380 e. The summed E-state index contributed by atoms with van der Waals surface area (Å²) in [5, 5.41) is 11.7. The first-order valence-corrected chi connectivity index (χ1v) is 6.13. The number of hydrogen-bond donors (Lipinski definition) is 1. The van der Waals surface area contributed by atoms with Gasteiger partial charge in [-0.1, -0.05) is 0 Å². The average molecular weight is 301 g/mol. The van der Waals surface area contributed by atoms with Crippen LogP contribution in [0, 0.1) is 17.1 Å². The van der Waals surface area contributed by atoms with Gasteiger partial charge in [-0.05, 0) is 41.9 Å². The number of anilines is 1. The van der Waals surface area contributed by atoms with Crippen LogP contribution >= 0.6 is 15.9 Å². The van der Waals surface area contributed by atoms with Crippen LogP contribution in [-0.2, 0) is 4.74 Å². The standard InChI is InChI=1S/C12H14BrFN2O/c1-3-17-8(2)7-16-10-5-4-9(6-15)11(13)12(10)14/h4-5,8,16H,3,7H2,1-2H3. The molecule has 1 aromatic rings. The topological polar surface area (TPSA) is 45.0 Å². The molecular weight excluding hydrogens is 287 g/mol. The molecule has 0 amide bonds. The lowest BCUT2D eigenvalue weighted by Gasteiger charge is -2.14. The van der Waals surface area contributed by atoms with Crippen molar-refractivity contribution in [2.45, 2.75) is 20.0 Å². The third kappa shape index (κ3) is 3.69. The maximum absolute atomic E-state index is 13.8. The van der Waals surface area contributed by atoms with Gasteiger partial charge < -0.3 is 10.1 Å². The van der Waals surface area contributed by atoms with Crippen molar-refractivity contribution in [1.82, 2.24) is 0 Å². The Balaban J connectivity index is 2.73. The molecule has 0 aliphatic heterocycles. The molecule has 1 unspecified atom stereocenters. The highest BCUT2D eigenvalue weighted by Gasteiger charge is 2.11. The van der Waals surface area contributed by atoms with E-state index in [1.54, 1.807) is 12.1 Å². The fourth-order valence-corrected chi connectivity index (χ4v) is 1.80.